The first-order valence-corrected chi connectivity index (χ1v) is 9.86. The number of ether oxygens (including phenoxy) is 1. The van der Waals surface area contributed by atoms with Gasteiger partial charge in [-0.2, -0.15) is 5.10 Å². The molecule has 128 valence electrons. The summed E-state index contributed by atoms with van der Waals surface area (Å²) in [5.41, 5.74) is 1.21. The third kappa shape index (κ3) is 3.31. The molecule has 0 unspecified atom stereocenters. The molecule has 1 saturated carbocycles. The van der Waals surface area contributed by atoms with Crippen molar-refractivity contribution in [2.75, 3.05) is 26.2 Å². The summed E-state index contributed by atoms with van der Waals surface area (Å²) >= 11 is 0. The minimum atomic E-state index is -3.09. The van der Waals surface area contributed by atoms with Crippen LogP contribution in [0.3, 0.4) is 0 Å². The fraction of sp³-hybridized carbons (Fsp3) is 0.800. The zero-order valence-corrected chi connectivity index (χ0v) is 14.2. The molecule has 8 heteroatoms. The number of hydrogen-bond acceptors (Lipinski definition) is 5. The van der Waals surface area contributed by atoms with Crippen molar-refractivity contribution in [3.05, 3.63) is 18.0 Å². The summed E-state index contributed by atoms with van der Waals surface area (Å²) in [4.78, 5) is 2.38. The van der Waals surface area contributed by atoms with E-state index in [1.165, 1.54) is 5.56 Å². The lowest BCUT2D eigenvalue weighted by Crippen LogP contribution is -2.35. The van der Waals surface area contributed by atoms with Crippen LogP contribution in [0.1, 0.15) is 18.4 Å². The van der Waals surface area contributed by atoms with Crippen molar-refractivity contribution in [3.8, 4) is 0 Å². The van der Waals surface area contributed by atoms with E-state index in [9.17, 15) is 8.42 Å². The standard InChI is InChI=1S/C15H24N4O3S/c1-18-6-11(4-16-18)7-19-8-14-12(10-22-15(14)9-19)5-17-23(20,21)13-2-3-13/h4,6,12-15,17H,2-3,5,7-10H2,1H3/t12-,14-,15-/m1/s1. The fourth-order valence-electron chi connectivity index (χ4n) is 3.75. The van der Waals surface area contributed by atoms with Gasteiger partial charge in [0.25, 0.3) is 0 Å². The predicted molar refractivity (Wildman–Crippen MR) is 85.1 cm³/mol. The van der Waals surface area contributed by atoms with Gasteiger partial charge in [-0.3, -0.25) is 9.58 Å². The molecule has 2 saturated heterocycles. The van der Waals surface area contributed by atoms with Gasteiger partial charge in [-0.1, -0.05) is 0 Å². The maximum absolute atomic E-state index is 12.0. The van der Waals surface area contributed by atoms with Crippen LogP contribution in [0.25, 0.3) is 0 Å². The van der Waals surface area contributed by atoms with Gasteiger partial charge in [0.05, 0.1) is 24.2 Å². The third-order valence-corrected chi connectivity index (χ3v) is 7.11. The Labute approximate surface area is 137 Å². The number of likely N-dealkylation sites (tertiary alicyclic amines) is 1. The Balaban J connectivity index is 1.32. The van der Waals surface area contributed by atoms with Crippen LogP contribution in [0.4, 0.5) is 0 Å². The van der Waals surface area contributed by atoms with E-state index in [2.05, 4.69) is 14.7 Å². The summed E-state index contributed by atoms with van der Waals surface area (Å²) in [6, 6.07) is 0. The van der Waals surface area contributed by atoms with Crippen LogP contribution < -0.4 is 4.72 Å². The largest absolute Gasteiger partial charge is 0.376 e. The van der Waals surface area contributed by atoms with Crippen LogP contribution in [0.2, 0.25) is 0 Å². The van der Waals surface area contributed by atoms with Crippen molar-refractivity contribution in [2.24, 2.45) is 18.9 Å². The van der Waals surface area contributed by atoms with Gasteiger partial charge in [-0.25, -0.2) is 13.1 Å². The predicted octanol–water partition coefficient (Wildman–Crippen LogP) is -0.0513. The van der Waals surface area contributed by atoms with E-state index < -0.39 is 10.0 Å². The lowest BCUT2D eigenvalue weighted by Gasteiger charge is -2.19. The summed E-state index contributed by atoms with van der Waals surface area (Å²) in [6.07, 6.45) is 5.79. The second-order valence-corrected chi connectivity index (χ2v) is 9.15. The molecule has 0 bridgehead atoms. The first-order valence-electron chi connectivity index (χ1n) is 8.31. The maximum Gasteiger partial charge on any atom is 0.214 e. The quantitative estimate of drug-likeness (QED) is 0.786. The van der Waals surface area contributed by atoms with E-state index >= 15 is 0 Å². The van der Waals surface area contributed by atoms with Gasteiger partial charge in [-0.15, -0.1) is 0 Å². The van der Waals surface area contributed by atoms with E-state index in [4.69, 9.17) is 4.74 Å². The average Bonchev–Trinajstić information content (AvgIpc) is 3.05. The molecule has 3 fully saturated rings. The molecule has 4 rings (SSSR count). The molecule has 1 aromatic rings. The number of hydrogen-bond donors (Lipinski definition) is 1. The normalized spacial score (nSPS) is 31.6. The zero-order valence-electron chi connectivity index (χ0n) is 13.4. The monoisotopic (exact) mass is 340 g/mol. The number of sulfonamides is 1. The average molecular weight is 340 g/mol. The Morgan fingerprint density at radius 3 is 2.91 bits per heavy atom. The van der Waals surface area contributed by atoms with Gasteiger partial charge in [0, 0.05) is 56.8 Å². The highest BCUT2D eigenvalue weighted by Gasteiger charge is 2.44. The second-order valence-electron chi connectivity index (χ2n) is 7.10. The highest BCUT2D eigenvalue weighted by molar-refractivity contribution is 7.90. The Hall–Kier alpha value is -0.960. The Morgan fingerprint density at radius 1 is 1.39 bits per heavy atom. The molecule has 1 aromatic heterocycles. The van der Waals surface area contributed by atoms with Crippen LogP contribution in [0.5, 0.6) is 0 Å². The van der Waals surface area contributed by atoms with Crippen molar-refractivity contribution in [1.29, 1.82) is 0 Å². The lowest BCUT2D eigenvalue weighted by molar-refractivity contribution is 0.0942. The summed E-state index contributed by atoms with van der Waals surface area (Å²) in [6.45, 7) is 3.95. The number of fused-ring (bicyclic) bond motifs is 1. The van der Waals surface area contributed by atoms with E-state index in [0.717, 1.165) is 32.5 Å². The minimum absolute atomic E-state index is 0.147. The number of nitrogens with one attached hydrogen (secondary N) is 1. The van der Waals surface area contributed by atoms with Gasteiger partial charge < -0.3 is 4.74 Å². The number of aryl methyl sites for hydroxylation is 1. The van der Waals surface area contributed by atoms with Gasteiger partial charge in [0.2, 0.25) is 10.0 Å². The van der Waals surface area contributed by atoms with Crippen LogP contribution in [-0.4, -0.2) is 60.7 Å². The first kappa shape index (κ1) is 15.6. The van der Waals surface area contributed by atoms with Crippen LogP contribution in [0, 0.1) is 11.8 Å². The zero-order chi connectivity index (χ0) is 16.0. The van der Waals surface area contributed by atoms with Crippen LogP contribution in [-0.2, 0) is 28.4 Å². The molecule has 0 spiro atoms. The molecule has 3 aliphatic rings. The van der Waals surface area contributed by atoms with Gasteiger partial charge >= 0.3 is 0 Å². The number of rotatable bonds is 6. The lowest BCUT2D eigenvalue weighted by atomic mass is 9.93. The maximum atomic E-state index is 12.0. The topological polar surface area (TPSA) is 76.5 Å². The highest BCUT2D eigenvalue weighted by atomic mass is 32.2. The molecule has 0 radical (unpaired) electrons. The van der Waals surface area contributed by atoms with Crippen molar-refractivity contribution < 1.29 is 13.2 Å². The van der Waals surface area contributed by atoms with Crippen LogP contribution >= 0.6 is 0 Å². The molecular weight excluding hydrogens is 316 g/mol. The number of aromatic nitrogens is 2. The molecule has 2 aliphatic heterocycles. The molecule has 0 aromatic carbocycles. The summed E-state index contributed by atoms with van der Waals surface area (Å²) in [5.74, 6) is 0.709. The van der Waals surface area contributed by atoms with Crippen molar-refractivity contribution >= 4 is 10.0 Å². The minimum Gasteiger partial charge on any atom is -0.376 e. The second kappa shape index (κ2) is 5.84. The summed E-state index contributed by atoms with van der Waals surface area (Å²) in [7, 11) is -1.17. The molecule has 0 amide bonds. The van der Waals surface area contributed by atoms with Crippen molar-refractivity contribution in [3.63, 3.8) is 0 Å². The summed E-state index contributed by atoms with van der Waals surface area (Å²) in [5, 5.41) is 4.06. The number of nitrogens with zero attached hydrogens (tertiary/aromatic N) is 3. The van der Waals surface area contributed by atoms with Gasteiger partial charge in [0.15, 0.2) is 0 Å². The SMILES string of the molecule is Cn1cc(CN2C[C@@H]3[C@H](CNS(=O)(=O)C4CC4)CO[C@@H]3C2)cn1. The smallest absolute Gasteiger partial charge is 0.214 e. The Kier molecular flexibility index (Phi) is 3.95. The van der Waals surface area contributed by atoms with Crippen molar-refractivity contribution in [1.82, 2.24) is 19.4 Å². The van der Waals surface area contributed by atoms with E-state index in [0.29, 0.717) is 19.1 Å². The molecule has 3 heterocycles. The highest BCUT2D eigenvalue weighted by Crippen LogP contribution is 2.34. The van der Waals surface area contributed by atoms with E-state index in [1.807, 2.05) is 24.1 Å². The summed E-state index contributed by atoms with van der Waals surface area (Å²) < 4.78 is 34.5. The fourth-order valence-corrected chi connectivity index (χ4v) is 5.19. The molecule has 23 heavy (non-hydrogen) atoms. The van der Waals surface area contributed by atoms with Gasteiger partial charge in [0.1, 0.15) is 0 Å². The Bertz CT molecular complexity index is 670. The molecular formula is C15H24N4O3S. The molecule has 3 atom stereocenters. The molecule has 1 N–H and O–H groups in total. The van der Waals surface area contributed by atoms with Crippen LogP contribution in [0.15, 0.2) is 12.4 Å². The van der Waals surface area contributed by atoms with Gasteiger partial charge in [-0.05, 0) is 12.8 Å². The van der Waals surface area contributed by atoms with Crippen molar-refractivity contribution in [2.45, 2.75) is 30.7 Å². The third-order valence-electron chi connectivity index (χ3n) is 5.19. The Morgan fingerprint density at radius 2 is 2.22 bits per heavy atom. The first-order chi connectivity index (χ1) is 11.0. The molecule has 1 aliphatic carbocycles. The van der Waals surface area contributed by atoms with E-state index in [-0.39, 0.29) is 17.3 Å². The molecule has 7 nitrogen and oxygen atoms in total. The van der Waals surface area contributed by atoms with E-state index in [1.54, 1.807) is 0 Å².